The highest BCUT2D eigenvalue weighted by Crippen LogP contribution is 2.07. The Kier molecular flexibility index (Phi) is 11.1. The van der Waals surface area contributed by atoms with Crippen molar-refractivity contribution in [2.75, 3.05) is 33.9 Å². The Morgan fingerprint density at radius 3 is 2.75 bits per heavy atom. The van der Waals surface area contributed by atoms with E-state index in [-0.39, 0.29) is 24.0 Å². The third-order valence-corrected chi connectivity index (χ3v) is 2.33. The topological polar surface area (TPSA) is 67.8 Å². The summed E-state index contributed by atoms with van der Waals surface area (Å²) >= 11 is 0. The van der Waals surface area contributed by atoms with E-state index in [0.717, 1.165) is 18.2 Å². The monoisotopic (exact) mass is 394 g/mol. The van der Waals surface area contributed by atoms with Crippen molar-refractivity contribution >= 4 is 29.9 Å². The zero-order valence-electron chi connectivity index (χ0n) is 12.2. The van der Waals surface area contributed by atoms with Crippen LogP contribution >= 0.6 is 24.0 Å². The summed E-state index contributed by atoms with van der Waals surface area (Å²) in [6, 6.07) is 5.64. The van der Waals surface area contributed by atoms with Crippen molar-refractivity contribution in [3.8, 4) is 5.88 Å². The van der Waals surface area contributed by atoms with Crippen LogP contribution in [0, 0.1) is 0 Å². The van der Waals surface area contributed by atoms with Crippen molar-refractivity contribution in [3.63, 3.8) is 0 Å². The molecule has 1 aromatic rings. The van der Waals surface area contributed by atoms with Gasteiger partial charge in [0.1, 0.15) is 0 Å². The van der Waals surface area contributed by atoms with Crippen LogP contribution < -0.4 is 15.4 Å². The third-order valence-electron chi connectivity index (χ3n) is 2.33. The number of halogens is 1. The molecule has 0 bridgehead atoms. The Labute approximate surface area is 137 Å². The van der Waals surface area contributed by atoms with E-state index in [1.807, 2.05) is 25.1 Å². The first-order valence-electron chi connectivity index (χ1n) is 6.31. The molecule has 0 spiro atoms. The minimum absolute atomic E-state index is 0. The Morgan fingerprint density at radius 2 is 2.10 bits per heavy atom. The summed E-state index contributed by atoms with van der Waals surface area (Å²) < 4.78 is 10.1. The van der Waals surface area contributed by atoms with Crippen LogP contribution in [0.1, 0.15) is 12.6 Å². The fraction of sp³-hybridized carbons (Fsp3) is 0.538. The van der Waals surface area contributed by atoms with Gasteiger partial charge in [-0.15, -0.1) is 24.0 Å². The van der Waals surface area contributed by atoms with Crippen LogP contribution in [0.2, 0.25) is 0 Å². The summed E-state index contributed by atoms with van der Waals surface area (Å²) in [6.45, 7) is 4.69. The van der Waals surface area contributed by atoms with Crippen molar-refractivity contribution in [1.82, 2.24) is 15.6 Å². The predicted molar refractivity (Wildman–Crippen MR) is 90.9 cm³/mol. The summed E-state index contributed by atoms with van der Waals surface area (Å²) in [6.07, 6.45) is 0. The van der Waals surface area contributed by atoms with Crippen LogP contribution in [0.15, 0.2) is 23.2 Å². The second kappa shape index (κ2) is 11.7. The lowest BCUT2D eigenvalue weighted by molar-refractivity contribution is 0.203. The van der Waals surface area contributed by atoms with Gasteiger partial charge in [0.05, 0.1) is 26.0 Å². The van der Waals surface area contributed by atoms with Crippen LogP contribution in [0.25, 0.3) is 0 Å². The van der Waals surface area contributed by atoms with E-state index in [4.69, 9.17) is 9.47 Å². The highest BCUT2D eigenvalue weighted by molar-refractivity contribution is 14.0. The van der Waals surface area contributed by atoms with E-state index in [1.54, 1.807) is 14.2 Å². The van der Waals surface area contributed by atoms with Crippen molar-refractivity contribution in [2.45, 2.75) is 13.5 Å². The lowest BCUT2D eigenvalue weighted by Gasteiger charge is -2.10. The summed E-state index contributed by atoms with van der Waals surface area (Å²) in [7, 11) is 3.28. The highest BCUT2D eigenvalue weighted by Gasteiger charge is 1.99. The molecular weight excluding hydrogens is 371 g/mol. The average molecular weight is 394 g/mol. The van der Waals surface area contributed by atoms with Gasteiger partial charge in [0.15, 0.2) is 5.96 Å². The number of nitrogens with one attached hydrogen (secondary N) is 2. The normalized spacial score (nSPS) is 10.7. The quantitative estimate of drug-likeness (QED) is 0.317. The molecule has 2 N–H and O–H groups in total. The van der Waals surface area contributed by atoms with E-state index in [0.29, 0.717) is 25.6 Å². The first-order valence-corrected chi connectivity index (χ1v) is 6.31. The largest absolute Gasteiger partial charge is 0.481 e. The first-order chi connectivity index (χ1) is 9.30. The summed E-state index contributed by atoms with van der Waals surface area (Å²) in [5.41, 5.74) is 0.864. The lowest BCUT2D eigenvalue weighted by atomic mass is 10.3. The van der Waals surface area contributed by atoms with E-state index in [9.17, 15) is 0 Å². The summed E-state index contributed by atoms with van der Waals surface area (Å²) in [5.74, 6) is 1.36. The fourth-order valence-corrected chi connectivity index (χ4v) is 1.43. The molecule has 0 aliphatic carbocycles. The molecule has 20 heavy (non-hydrogen) atoms. The number of aliphatic imine (C=N–C) groups is 1. The molecule has 0 saturated carbocycles. The summed E-state index contributed by atoms with van der Waals surface area (Å²) in [4.78, 5) is 8.76. The van der Waals surface area contributed by atoms with Crippen molar-refractivity contribution in [2.24, 2.45) is 4.99 Å². The molecule has 0 radical (unpaired) electrons. The zero-order chi connectivity index (χ0) is 13.9. The molecule has 0 aromatic carbocycles. The molecule has 0 unspecified atom stereocenters. The molecule has 0 atom stereocenters. The number of methoxy groups -OCH3 is 2. The Bertz CT molecular complexity index is 402. The molecule has 0 aliphatic rings. The maximum atomic E-state index is 5.08. The van der Waals surface area contributed by atoms with Gasteiger partial charge in [0.2, 0.25) is 5.88 Å². The molecule has 0 saturated heterocycles. The SMILES string of the molecule is CCNC(=NCc1cccc(OC)n1)NCCOC.I. The van der Waals surface area contributed by atoms with Gasteiger partial charge >= 0.3 is 0 Å². The van der Waals surface area contributed by atoms with Gasteiger partial charge in [-0.05, 0) is 13.0 Å². The molecule has 0 amide bonds. The zero-order valence-corrected chi connectivity index (χ0v) is 14.5. The number of ether oxygens (including phenoxy) is 2. The minimum atomic E-state index is 0. The number of rotatable bonds is 7. The van der Waals surface area contributed by atoms with E-state index in [2.05, 4.69) is 20.6 Å². The van der Waals surface area contributed by atoms with Gasteiger partial charge in [-0.25, -0.2) is 9.98 Å². The number of hydrogen-bond acceptors (Lipinski definition) is 4. The van der Waals surface area contributed by atoms with Crippen LogP contribution in [-0.4, -0.2) is 44.9 Å². The van der Waals surface area contributed by atoms with Crippen molar-refractivity contribution in [1.29, 1.82) is 0 Å². The number of hydrogen-bond donors (Lipinski definition) is 2. The van der Waals surface area contributed by atoms with E-state index >= 15 is 0 Å². The maximum Gasteiger partial charge on any atom is 0.213 e. The maximum absolute atomic E-state index is 5.08. The number of guanidine groups is 1. The minimum Gasteiger partial charge on any atom is -0.481 e. The smallest absolute Gasteiger partial charge is 0.213 e. The van der Waals surface area contributed by atoms with Crippen molar-refractivity contribution in [3.05, 3.63) is 23.9 Å². The number of aromatic nitrogens is 1. The summed E-state index contributed by atoms with van der Waals surface area (Å²) in [5, 5.41) is 6.34. The Balaban J connectivity index is 0.00000361. The molecule has 6 nitrogen and oxygen atoms in total. The molecule has 0 aliphatic heterocycles. The fourth-order valence-electron chi connectivity index (χ4n) is 1.43. The Hall–Kier alpha value is -1.09. The molecular formula is C13H23IN4O2. The second-order valence-electron chi connectivity index (χ2n) is 3.79. The number of nitrogens with zero attached hydrogens (tertiary/aromatic N) is 2. The predicted octanol–water partition coefficient (Wildman–Crippen LogP) is 1.41. The second-order valence-corrected chi connectivity index (χ2v) is 3.79. The molecule has 1 heterocycles. The Morgan fingerprint density at radius 1 is 1.30 bits per heavy atom. The molecule has 7 heteroatoms. The van der Waals surface area contributed by atoms with Gasteiger partial charge in [0, 0.05) is 26.3 Å². The van der Waals surface area contributed by atoms with Gasteiger partial charge in [0.25, 0.3) is 0 Å². The molecule has 1 aromatic heterocycles. The highest BCUT2D eigenvalue weighted by atomic mass is 127. The van der Waals surface area contributed by atoms with Gasteiger partial charge in [-0.3, -0.25) is 0 Å². The van der Waals surface area contributed by atoms with E-state index in [1.165, 1.54) is 0 Å². The average Bonchev–Trinajstić information content (AvgIpc) is 2.45. The van der Waals surface area contributed by atoms with E-state index < -0.39 is 0 Å². The number of pyridine rings is 1. The third kappa shape index (κ3) is 7.49. The standard InChI is InChI=1S/C13H22N4O2.HI/c1-4-14-13(15-8-9-18-2)16-10-11-6-5-7-12(17-11)19-3;/h5-7H,4,8-10H2,1-3H3,(H2,14,15,16);1H. The van der Waals surface area contributed by atoms with Crippen LogP contribution in [-0.2, 0) is 11.3 Å². The van der Waals surface area contributed by atoms with Gasteiger partial charge in [-0.1, -0.05) is 6.07 Å². The molecule has 1 rings (SSSR count). The van der Waals surface area contributed by atoms with Gasteiger partial charge in [-0.2, -0.15) is 0 Å². The van der Waals surface area contributed by atoms with Crippen molar-refractivity contribution < 1.29 is 9.47 Å². The lowest BCUT2D eigenvalue weighted by Crippen LogP contribution is -2.38. The molecule has 114 valence electrons. The first kappa shape index (κ1) is 18.9. The van der Waals surface area contributed by atoms with Crippen LogP contribution in [0.4, 0.5) is 0 Å². The molecule has 0 fully saturated rings. The van der Waals surface area contributed by atoms with Crippen LogP contribution in [0.5, 0.6) is 5.88 Å². The van der Waals surface area contributed by atoms with Gasteiger partial charge < -0.3 is 20.1 Å². The van der Waals surface area contributed by atoms with Crippen LogP contribution in [0.3, 0.4) is 0 Å².